The highest BCUT2D eigenvalue weighted by Gasteiger charge is 2.24. The fourth-order valence-electron chi connectivity index (χ4n) is 1.52. The molecule has 20 heavy (non-hydrogen) atoms. The van der Waals surface area contributed by atoms with Gasteiger partial charge in [0.1, 0.15) is 16.5 Å². The van der Waals surface area contributed by atoms with E-state index in [0.717, 1.165) is 0 Å². The number of rotatable bonds is 5. The largest absolute Gasteiger partial charge is 0.468 e. The number of amides is 1. The molecule has 1 aromatic heterocycles. The SMILES string of the molecule is COC(=O)C(CCNC(=O)OC(C)(C)C)c1nccs1. The van der Waals surface area contributed by atoms with Crippen molar-refractivity contribution in [1.82, 2.24) is 10.3 Å². The second kappa shape index (κ2) is 7.23. The Kier molecular flexibility index (Phi) is 5.94. The van der Waals surface area contributed by atoms with Crippen molar-refractivity contribution in [2.24, 2.45) is 0 Å². The fourth-order valence-corrected chi connectivity index (χ4v) is 2.28. The highest BCUT2D eigenvalue weighted by atomic mass is 32.1. The molecule has 7 heteroatoms. The zero-order valence-corrected chi connectivity index (χ0v) is 13.0. The summed E-state index contributed by atoms with van der Waals surface area (Å²) in [5.41, 5.74) is -0.541. The van der Waals surface area contributed by atoms with Crippen LogP contribution in [0.5, 0.6) is 0 Å². The monoisotopic (exact) mass is 300 g/mol. The summed E-state index contributed by atoms with van der Waals surface area (Å²) in [6.07, 6.45) is 1.55. The topological polar surface area (TPSA) is 77.5 Å². The van der Waals surface area contributed by atoms with Crippen molar-refractivity contribution in [2.75, 3.05) is 13.7 Å². The number of aromatic nitrogens is 1. The minimum absolute atomic E-state index is 0.314. The number of thiazole rings is 1. The van der Waals surface area contributed by atoms with Crippen molar-refractivity contribution in [1.29, 1.82) is 0 Å². The first-order valence-electron chi connectivity index (χ1n) is 6.27. The molecule has 112 valence electrons. The number of methoxy groups -OCH3 is 1. The third kappa shape index (κ3) is 5.56. The molecule has 0 fully saturated rings. The maximum atomic E-state index is 11.7. The molecule has 1 heterocycles. The molecule has 1 aromatic rings. The first-order chi connectivity index (χ1) is 9.33. The molecule has 0 aromatic carbocycles. The average Bonchev–Trinajstić information content (AvgIpc) is 2.85. The minimum Gasteiger partial charge on any atom is -0.468 e. The van der Waals surface area contributed by atoms with Gasteiger partial charge in [0.2, 0.25) is 0 Å². The first kappa shape index (κ1) is 16.4. The van der Waals surface area contributed by atoms with Crippen molar-refractivity contribution in [3.8, 4) is 0 Å². The van der Waals surface area contributed by atoms with Crippen LogP contribution in [0.2, 0.25) is 0 Å². The Morgan fingerprint density at radius 3 is 2.65 bits per heavy atom. The Labute approximate surface area is 122 Å². The Morgan fingerprint density at radius 1 is 1.45 bits per heavy atom. The van der Waals surface area contributed by atoms with Gasteiger partial charge >= 0.3 is 12.1 Å². The van der Waals surface area contributed by atoms with Crippen LogP contribution >= 0.6 is 11.3 Å². The van der Waals surface area contributed by atoms with Crippen LogP contribution in [0, 0.1) is 0 Å². The van der Waals surface area contributed by atoms with Gasteiger partial charge in [-0.05, 0) is 27.2 Å². The van der Waals surface area contributed by atoms with E-state index in [4.69, 9.17) is 9.47 Å². The predicted octanol–water partition coefficient (Wildman–Crippen LogP) is 2.31. The normalized spacial score (nSPS) is 12.6. The van der Waals surface area contributed by atoms with E-state index in [9.17, 15) is 9.59 Å². The molecule has 6 nitrogen and oxygen atoms in total. The third-order valence-electron chi connectivity index (χ3n) is 2.34. The van der Waals surface area contributed by atoms with Gasteiger partial charge in [0.15, 0.2) is 0 Å². The third-order valence-corrected chi connectivity index (χ3v) is 3.23. The van der Waals surface area contributed by atoms with Crippen molar-refractivity contribution in [3.05, 3.63) is 16.6 Å². The van der Waals surface area contributed by atoms with Gasteiger partial charge in [0.05, 0.1) is 7.11 Å². The van der Waals surface area contributed by atoms with E-state index in [1.165, 1.54) is 18.4 Å². The number of hydrogen-bond donors (Lipinski definition) is 1. The van der Waals surface area contributed by atoms with Crippen LogP contribution < -0.4 is 5.32 Å². The van der Waals surface area contributed by atoms with Gasteiger partial charge in [-0.1, -0.05) is 0 Å². The average molecular weight is 300 g/mol. The Balaban J connectivity index is 2.48. The number of nitrogens with one attached hydrogen (secondary N) is 1. The molecule has 0 radical (unpaired) electrons. The number of hydrogen-bond acceptors (Lipinski definition) is 6. The van der Waals surface area contributed by atoms with Crippen LogP contribution in [0.3, 0.4) is 0 Å². The van der Waals surface area contributed by atoms with Gasteiger partial charge < -0.3 is 14.8 Å². The molecule has 0 aliphatic heterocycles. The zero-order chi connectivity index (χ0) is 15.2. The number of ether oxygens (including phenoxy) is 2. The summed E-state index contributed by atoms with van der Waals surface area (Å²) in [4.78, 5) is 27.3. The maximum absolute atomic E-state index is 11.7. The summed E-state index contributed by atoms with van der Waals surface area (Å²) < 4.78 is 9.88. The molecular weight excluding hydrogens is 280 g/mol. The molecule has 0 aliphatic rings. The van der Waals surface area contributed by atoms with Crippen LogP contribution in [0.15, 0.2) is 11.6 Å². The highest BCUT2D eigenvalue weighted by molar-refractivity contribution is 7.09. The number of nitrogens with zero attached hydrogens (tertiary/aromatic N) is 1. The van der Waals surface area contributed by atoms with Crippen LogP contribution in [0.4, 0.5) is 4.79 Å². The van der Waals surface area contributed by atoms with Crippen LogP contribution in [0.1, 0.15) is 38.1 Å². The second-order valence-corrected chi connectivity index (χ2v) is 6.09. The lowest BCUT2D eigenvalue weighted by Crippen LogP contribution is -2.34. The minimum atomic E-state index is -0.541. The fraction of sp³-hybridized carbons (Fsp3) is 0.615. The molecule has 0 saturated heterocycles. The van der Waals surface area contributed by atoms with Gasteiger partial charge in [-0.25, -0.2) is 9.78 Å². The van der Waals surface area contributed by atoms with Crippen molar-refractivity contribution < 1.29 is 19.1 Å². The van der Waals surface area contributed by atoms with E-state index in [1.54, 1.807) is 32.3 Å². The maximum Gasteiger partial charge on any atom is 0.407 e. The summed E-state index contributed by atoms with van der Waals surface area (Å²) in [5, 5.41) is 5.10. The molecule has 0 spiro atoms. The number of carbonyl (C=O) groups is 2. The lowest BCUT2D eigenvalue weighted by molar-refractivity contribution is -0.142. The number of carbonyl (C=O) groups excluding carboxylic acids is 2. The summed E-state index contributed by atoms with van der Waals surface area (Å²) in [7, 11) is 1.34. The van der Waals surface area contributed by atoms with Crippen LogP contribution in [-0.4, -0.2) is 36.3 Å². The van der Waals surface area contributed by atoms with E-state index < -0.39 is 17.6 Å². The van der Waals surface area contributed by atoms with Crippen molar-refractivity contribution >= 4 is 23.4 Å². The number of esters is 1. The first-order valence-corrected chi connectivity index (χ1v) is 7.15. The Hall–Kier alpha value is -1.63. The van der Waals surface area contributed by atoms with Crippen LogP contribution in [-0.2, 0) is 14.3 Å². The highest BCUT2D eigenvalue weighted by Crippen LogP contribution is 2.22. The van der Waals surface area contributed by atoms with E-state index in [-0.39, 0.29) is 5.97 Å². The standard InChI is InChI=1S/C13H20N2O4S/c1-13(2,3)19-12(17)15-6-5-9(11(16)18-4)10-14-7-8-20-10/h7-9H,5-6H2,1-4H3,(H,15,17). The van der Waals surface area contributed by atoms with E-state index in [0.29, 0.717) is 18.0 Å². The zero-order valence-electron chi connectivity index (χ0n) is 12.1. The molecule has 0 bridgehead atoms. The van der Waals surface area contributed by atoms with Crippen molar-refractivity contribution in [3.63, 3.8) is 0 Å². The quantitative estimate of drug-likeness (QED) is 0.844. The Morgan fingerprint density at radius 2 is 2.15 bits per heavy atom. The van der Waals surface area contributed by atoms with E-state index in [1.807, 2.05) is 0 Å². The van der Waals surface area contributed by atoms with Gasteiger partial charge in [-0.2, -0.15) is 0 Å². The van der Waals surface area contributed by atoms with Crippen LogP contribution in [0.25, 0.3) is 0 Å². The summed E-state index contributed by atoms with van der Waals surface area (Å²) >= 11 is 1.39. The Bertz CT molecular complexity index is 440. The molecule has 1 unspecified atom stereocenters. The smallest absolute Gasteiger partial charge is 0.407 e. The lowest BCUT2D eigenvalue weighted by atomic mass is 10.1. The van der Waals surface area contributed by atoms with Gasteiger partial charge in [0.25, 0.3) is 0 Å². The van der Waals surface area contributed by atoms with Gasteiger partial charge in [0, 0.05) is 18.1 Å². The molecule has 0 saturated carbocycles. The molecule has 1 amide bonds. The molecule has 1 N–H and O–H groups in total. The molecule has 1 rings (SSSR count). The van der Waals surface area contributed by atoms with E-state index >= 15 is 0 Å². The van der Waals surface area contributed by atoms with Crippen molar-refractivity contribution in [2.45, 2.75) is 38.7 Å². The number of alkyl carbamates (subject to hydrolysis) is 1. The molecule has 1 atom stereocenters. The molecular formula is C13H20N2O4S. The molecule has 0 aliphatic carbocycles. The predicted molar refractivity (Wildman–Crippen MR) is 75.7 cm³/mol. The summed E-state index contributed by atoms with van der Waals surface area (Å²) in [5.74, 6) is -0.819. The van der Waals surface area contributed by atoms with Gasteiger partial charge in [-0.15, -0.1) is 11.3 Å². The lowest BCUT2D eigenvalue weighted by Gasteiger charge is -2.20. The summed E-state index contributed by atoms with van der Waals surface area (Å²) in [6, 6.07) is 0. The summed E-state index contributed by atoms with van der Waals surface area (Å²) in [6.45, 7) is 5.69. The van der Waals surface area contributed by atoms with E-state index in [2.05, 4.69) is 10.3 Å². The van der Waals surface area contributed by atoms with Gasteiger partial charge in [-0.3, -0.25) is 4.79 Å². The second-order valence-electron chi connectivity index (χ2n) is 5.16.